The summed E-state index contributed by atoms with van der Waals surface area (Å²) < 4.78 is 34.0. The third kappa shape index (κ3) is 4.78. The van der Waals surface area contributed by atoms with Crippen molar-refractivity contribution in [3.05, 3.63) is 57.1 Å². The number of carboxylic acid groups (broad SMARTS) is 1. The number of amides is 1. The Morgan fingerprint density at radius 3 is 2.26 bits per heavy atom. The van der Waals surface area contributed by atoms with E-state index in [4.69, 9.17) is 61.0 Å². The van der Waals surface area contributed by atoms with Gasteiger partial charge in [-0.2, -0.15) is 4.31 Å². The summed E-state index contributed by atoms with van der Waals surface area (Å²) in [5.74, 6) is -4.42. The van der Waals surface area contributed by atoms with Gasteiger partial charge in [-0.1, -0.05) is 43.1 Å². The summed E-state index contributed by atoms with van der Waals surface area (Å²) in [6.07, 6.45) is 0. The molecule has 2 aromatic carbocycles. The Kier molecular flexibility index (Phi) is 7.31. The highest BCUT2D eigenvalue weighted by molar-refractivity contribution is 7.90. The van der Waals surface area contributed by atoms with E-state index in [0.717, 1.165) is 6.07 Å². The van der Waals surface area contributed by atoms with Gasteiger partial charge < -0.3 is 14.6 Å². The third-order valence-corrected chi connectivity index (χ3v) is 7.55. The van der Waals surface area contributed by atoms with Crippen LogP contribution < -0.4 is 4.74 Å². The van der Waals surface area contributed by atoms with Crippen LogP contribution in [-0.2, 0) is 19.6 Å². The average molecular weight is 571 g/mol. The van der Waals surface area contributed by atoms with Crippen molar-refractivity contribution in [1.82, 2.24) is 4.31 Å². The van der Waals surface area contributed by atoms with E-state index in [1.807, 2.05) is 0 Å². The summed E-state index contributed by atoms with van der Waals surface area (Å²) in [6, 6.07) is 6.46. The summed E-state index contributed by atoms with van der Waals surface area (Å²) in [5.41, 5.74) is -0.155. The van der Waals surface area contributed by atoms with Gasteiger partial charge in [0, 0.05) is 6.07 Å². The van der Waals surface area contributed by atoms with E-state index in [9.17, 15) is 22.8 Å². The zero-order valence-corrected chi connectivity index (χ0v) is 21.2. The number of fused-ring (bicyclic) bond motifs is 1. The Balaban J connectivity index is 1.98. The van der Waals surface area contributed by atoms with Crippen LogP contribution in [0.5, 0.6) is 5.75 Å². The normalized spacial score (nSPS) is 14.8. The predicted octanol–water partition coefficient (Wildman–Crippen LogP) is 4.67. The molecule has 0 fully saturated rings. The molecule has 0 spiro atoms. The molecule has 0 saturated carbocycles. The fourth-order valence-corrected chi connectivity index (χ4v) is 5.31. The van der Waals surface area contributed by atoms with Crippen LogP contribution in [0.15, 0.2) is 35.2 Å². The van der Waals surface area contributed by atoms with Crippen molar-refractivity contribution in [2.45, 2.75) is 29.2 Å². The van der Waals surface area contributed by atoms with Crippen LogP contribution in [0.4, 0.5) is 0 Å². The van der Waals surface area contributed by atoms with E-state index in [-0.39, 0.29) is 32.5 Å². The maximum atomic E-state index is 13.1. The van der Waals surface area contributed by atoms with E-state index >= 15 is 0 Å². The minimum absolute atomic E-state index is 0.0238. The molecule has 0 aromatic heterocycles. The highest BCUT2D eigenvalue weighted by Crippen LogP contribution is 2.40. The molecule has 3 rings (SSSR count). The number of nitrogens with zero attached hydrogens (tertiary/aromatic N) is 1. The molecule has 9 nitrogen and oxygen atoms in total. The van der Waals surface area contributed by atoms with Crippen LogP contribution in [0.25, 0.3) is 0 Å². The van der Waals surface area contributed by atoms with Crippen molar-refractivity contribution < 1.29 is 37.4 Å². The quantitative estimate of drug-likeness (QED) is 0.376. The number of benzene rings is 2. The van der Waals surface area contributed by atoms with Gasteiger partial charge in [0.1, 0.15) is 10.6 Å². The molecule has 0 bridgehead atoms. The van der Waals surface area contributed by atoms with Crippen molar-refractivity contribution >= 4 is 74.3 Å². The number of sulfonamides is 1. The molecule has 1 aliphatic heterocycles. The van der Waals surface area contributed by atoms with Gasteiger partial charge in [-0.25, -0.2) is 18.0 Å². The molecule has 182 valence electrons. The lowest BCUT2D eigenvalue weighted by atomic mass is 9.96. The Hall–Kier alpha value is -2.24. The molecule has 0 saturated heterocycles. The van der Waals surface area contributed by atoms with E-state index in [1.54, 1.807) is 13.8 Å². The number of carbonyl (C=O) groups excluding carboxylic acids is 2. The average Bonchev–Trinajstić information content (AvgIpc) is 2.90. The zero-order valence-electron chi connectivity index (χ0n) is 17.3. The Bertz CT molecular complexity index is 1290. The van der Waals surface area contributed by atoms with Crippen molar-refractivity contribution in [3.8, 4) is 5.75 Å². The van der Waals surface area contributed by atoms with Crippen molar-refractivity contribution in [2.24, 2.45) is 0 Å². The molecule has 0 radical (unpaired) electrons. The number of carbonyl (C=O) groups is 3. The molecule has 1 N–H and O–H groups in total. The maximum absolute atomic E-state index is 13.1. The van der Waals surface area contributed by atoms with Gasteiger partial charge in [0.2, 0.25) is 0 Å². The SMILES string of the molecule is CC(C)c1cc(OC(Cl)(Cl)C(=O)O)cc2c1C(=O)N(COC(=O)c1c(Cl)cccc1Cl)S2(=O)=O. The van der Waals surface area contributed by atoms with E-state index < -0.39 is 49.9 Å². The van der Waals surface area contributed by atoms with Crippen LogP contribution in [0.1, 0.15) is 46.0 Å². The second kappa shape index (κ2) is 9.43. The van der Waals surface area contributed by atoms with E-state index in [1.165, 1.54) is 24.3 Å². The van der Waals surface area contributed by atoms with Gasteiger partial charge in [-0.15, -0.1) is 0 Å². The highest BCUT2D eigenvalue weighted by atomic mass is 35.5. The van der Waals surface area contributed by atoms with Gasteiger partial charge in [-0.05, 0) is 52.9 Å². The van der Waals surface area contributed by atoms with E-state index in [2.05, 4.69) is 0 Å². The lowest BCUT2D eigenvalue weighted by Crippen LogP contribution is -2.33. The number of rotatable bonds is 7. The molecule has 1 amide bonds. The number of esters is 1. The third-order valence-electron chi connectivity index (χ3n) is 4.71. The lowest BCUT2D eigenvalue weighted by Gasteiger charge is -2.18. The predicted molar refractivity (Wildman–Crippen MR) is 123 cm³/mol. The molecular formula is C20H15Cl4NO8S. The molecule has 34 heavy (non-hydrogen) atoms. The van der Waals surface area contributed by atoms with Gasteiger partial charge in [-0.3, -0.25) is 4.79 Å². The lowest BCUT2D eigenvalue weighted by molar-refractivity contribution is -0.143. The molecule has 1 aliphatic rings. The van der Waals surface area contributed by atoms with Crippen molar-refractivity contribution in [1.29, 1.82) is 0 Å². The molecule has 14 heteroatoms. The number of halogens is 4. The van der Waals surface area contributed by atoms with Crippen LogP contribution >= 0.6 is 46.4 Å². The van der Waals surface area contributed by atoms with Crippen LogP contribution in [0, 0.1) is 0 Å². The van der Waals surface area contributed by atoms with Gasteiger partial charge in [0.25, 0.3) is 15.9 Å². The van der Waals surface area contributed by atoms with E-state index in [0.29, 0.717) is 4.31 Å². The number of hydrogen-bond donors (Lipinski definition) is 1. The summed E-state index contributed by atoms with van der Waals surface area (Å²) in [5, 5.41) is 9.03. The standard InChI is InChI=1S/C20H15Cl4NO8S/c1-9(2)11-6-10(33-20(23,24)19(28)29)7-14-15(11)17(26)25(34(14,30)31)8-32-18(27)16-12(21)4-3-5-13(16)22/h3-7,9H,8H2,1-2H3,(H,28,29). The minimum Gasteiger partial charge on any atom is -0.476 e. The molecule has 0 aliphatic carbocycles. The summed E-state index contributed by atoms with van der Waals surface area (Å²) in [7, 11) is -4.52. The highest BCUT2D eigenvalue weighted by Gasteiger charge is 2.45. The summed E-state index contributed by atoms with van der Waals surface area (Å²) in [4.78, 5) is 36.2. The molecule has 0 unspecified atom stereocenters. The molecule has 1 heterocycles. The maximum Gasteiger partial charge on any atom is 0.381 e. The molecular weight excluding hydrogens is 556 g/mol. The Morgan fingerprint density at radius 1 is 1.15 bits per heavy atom. The number of carboxylic acids is 1. The van der Waals surface area contributed by atoms with Crippen LogP contribution in [0.2, 0.25) is 10.0 Å². The van der Waals surface area contributed by atoms with Gasteiger partial charge in [0.15, 0.2) is 6.73 Å². The number of hydrogen-bond acceptors (Lipinski definition) is 7. The molecule has 2 aromatic rings. The first-order chi connectivity index (χ1) is 15.7. The minimum atomic E-state index is -4.52. The first-order valence-corrected chi connectivity index (χ1v) is 12.3. The number of ether oxygens (including phenoxy) is 2. The fourth-order valence-electron chi connectivity index (χ4n) is 3.11. The van der Waals surface area contributed by atoms with Crippen LogP contribution in [0.3, 0.4) is 0 Å². The summed E-state index contributed by atoms with van der Waals surface area (Å²) in [6.45, 7) is 2.38. The second-order valence-electron chi connectivity index (χ2n) is 7.28. The molecule has 0 atom stereocenters. The largest absolute Gasteiger partial charge is 0.476 e. The van der Waals surface area contributed by atoms with Crippen molar-refractivity contribution in [3.63, 3.8) is 0 Å². The Morgan fingerprint density at radius 2 is 1.74 bits per heavy atom. The zero-order chi connectivity index (χ0) is 25.6. The first-order valence-electron chi connectivity index (χ1n) is 9.34. The number of alkyl halides is 2. The smallest absolute Gasteiger partial charge is 0.381 e. The fraction of sp³-hybridized carbons (Fsp3) is 0.250. The van der Waals surface area contributed by atoms with Crippen LogP contribution in [-0.4, -0.2) is 46.9 Å². The second-order valence-corrected chi connectivity index (χ2v) is 11.2. The number of aliphatic carboxylic acids is 1. The van der Waals surface area contributed by atoms with Gasteiger partial charge >= 0.3 is 16.5 Å². The van der Waals surface area contributed by atoms with Crippen molar-refractivity contribution in [2.75, 3.05) is 6.73 Å². The first kappa shape index (κ1) is 26.4. The summed E-state index contributed by atoms with van der Waals surface area (Å²) >= 11 is 23.2. The Labute approximate surface area is 214 Å². The van der Waals surface area contributed by atoms with Gasteiger partial charge in [0.05, 0.1) is 21.2 Å². The monoisotopic (exact) mass is 569 g/mol. The topological polar surface area (TPSA) is 127 Å².